The number of methoxy groups -OCH3 is 1. The van der Waals surface area contributed by atoms with Crippen LogP contribution in [0.2, 0.25) is 0 Å². The molecule has 0 fully saturated rings. The Balaban J connectivity index is 1.19. The SMILES string of the molecule is COC(=O)[C@H](CCCCNC(=O)c1ccc(C)cc1)NC(=O)CC[C@H](CC(=O)CC[C@H](NC(=O)c1ccc(NCc2cnc3nc(N)[nH]c(=O)c3n2)cc1)C(=O)O)C(=O)O. The van der Waals surface area contributed by atoms with Gasteiger partial charge in [-0.05, 0) is 75.4 Å². The van der Waals surface area contributed by atoms with Gasteiger partial charge in [0, 0.05) is 42.6 Å². The van der Waals surface area contributed by atoms with Crippen LogP contribution in [0.5, 0.6) is 0 Å². The quantitative estimate of drug-likeness (QED) is 0.0391. The van der Waals surface area contributed by atoms with Crippen molar-refractivity contribution < 1.29 is 48.5 Å². The number of aromatic nitrogens is 4. The number of anilines is 2. The first-order chi connectivity index (χ1) is 28.6. The lowest BCUT2D eigenvalue weighted by atomic mass is 9.94. The van der Waals surface area contributed by atoms with Crippen LogP contribution in [0.25, 0.3) is 11.2 Å². The molecule has 0 saturated heterocycles. The largest absolute Gasteiger partial charge is 0.481 e. The van der Waals surface area contributed by atoms with Crippen LogP contribution in [-0.4, -0.2) is 97.3 Å². The minimum Gasteiger partial charge on any atom is -0.481 e. The number of ether oxygens (including phenoxy) is 1. The van der Waals surface area contributed by atoms with Gasteiger partial charge in [0.05, 0.1) is 31.5 Å². The second kappa shape index (κ2) is 22.0. The van der Waals surface area contributed by atoms with E-state index in [4.69, 9.17) is 10.5 Å². The fourth-order valence-electron chi connectivity index (χ4n) is 5.93. The predicted octanol–water partition coefficient (Wildman–Crippen LogP) is 1.88. The molecule has 2 aromatic carbocycles. The average molecular weight is 830 g/mol. The molecular formula is C40H47N9O11. The van der Waals surface area contributed by atoms with E-state index in [0.717, 1.165) is 5.56 Å². The number of nitrogens with zero attached hydrogens (tertiary/aromatic N) is 3. The first-order valence-electron chi connectivity index (χ1n) is 19.0. The summed E-state index contributed by atoms with van der Waals surface area (Å²) >= 11 is 0. The Morgan fingerprint density at radius 2 is 1.50 bits per heavy atom. The van der Waals surface area contributed by atoms with Crippen molar-refractivity contribution in [2.24, 2.45) is 5.92 Å². The van der Waals surface area contributed by atoms with E-state index in [-0.39, 0.29) is 67.2 Å². The first-order valence-corrected chi connectivity index (χ1v) is 19.0. The number of carboxylic acid groups (broad SMARTS) is 2. The van der Waals surface area contributed by atoms with E-state index in [1.54, 1.807) is 24.3 Å². The lowest BCUT2D eigenvalue weighted by Crippen LogP contribution is -2.42. The molecule has 9 N–H and O–H groups in total. The van der Waals surface area contributed by atoms with Crippen LogP contribution in [0.4, 0.5) is 11.6 Å². The second-order valence-electron chi connectivity index (χ2n) is 13.9. The van der Waals surface area contributed by atoms with Gasteiger partial charge in [0.15, 0.2) is 11.2 Å². The lowest BCUT2D eigenvalue weighted by molar-refractivity contribution is -0.146. The zero-order valence-corrected chi connectivity index (χ0v) is 33.0. The number of nitrogen functional groups attached to an aromatic ring is 1. The fourth-order valence-corrected chi connectivity index (χ4v) is 5.93. The second-order valence-corrected chi connectivity index (χ2v) is 13.9. The molecule has 2 aromatic heterocycles. The van der Waals surface area contributed by atoms with Crippen LogP contribution in [0, 0.1) is 12.8 Å². The topological polar surface area (TPSA) is 315 Å². The molecule has 0 aliphatic rings. The Morgan fingerprint density at radius 1 is 0.817 bits per heavy atom. The van der Waals surface area contributed by atoms with Crippen molar-refractivity contribution >= 4 is 64.2 Å². The molecule has 4 rings (SSSR count). The third kappa shape index (κ3) is 14.0. The summed E-state index contributed by atoms with van der Waals surface area (Å²) in [5, 5.41) is 30.3. The van der Waals surface area contributed by atoms with Gasteiger partial charge >= 0.3 is 17.9 Å². The molecule has 20 nitrogen and oxygen atoms in total. The monoisotopic (exact) mass is 829 g/mol. The van der Waals surface area contributed by atoms with Crippen molar-refractivity contribution in [2.75, 3.05) is 24.7 Å². The highest BCUT2D eigenvalue weighted by molar-refractivity contribution is 5.97. The number of carboxylic acids is 2. The van der Waals surface area contributed by atoms with Gasteiger partial charge in [0.1, 0.15) is 17.9 Å². The molecule has 0 aliphatic heterocycles. The zero-order valence-electron chi connectivity index (χ0n) is 33.0. The van der Waals surface area contributed by atoms with E-state index in [2.05, 4.69) is 41.2 Å². The van der Waals surface area contributed by atoms with Gasteiger partial charge in [-0.25, -0.2) is 19.6 Å². The van der Waals surface area contributed by atoms with E-state index in [9.17, 15) is 48.6 Å². The molecule has 4 aromatic rings. The summed E-state index contributed by atoms with van der Waals surface area (Å²) in [6.07, 6.45) is 0.858. The van der Waals surface area contributed by atoms with Crippen molar-refractivity contribution in [2.45, 2.75) is 76.9 Å². The minimum absolute atomic E-state index is 0.0154. The van der Waals surface area contributed by atoms with Gasteiger partial charge in [0.25, 0.3) is 17.4 Å². The van der Waals surface area contributed by atoms with Gasteiger partial charge in [-0.1, -0.05) is 17.7 Å². The fraction of sp³-hybridized carbons (Fsp3) is 0.375. The van der Waals surface area contributed by atoms with Crippen LogP contribution in [0.3, 0.4) is 0 Å². The van der Waals surface area contributed by atoms with Crippen LogP contribution >= 0.6 is 0 Å². The summed E-state index contributed by atoms with van der Waals surface area (Å²) in [4.78, 5) is 114. The molecule has 0 bridgehead atoms. The Morgan fingerprint density at radius 3 is 2.17 bits per heavy atom. The summed E-state index contributed by atoms with van der Waals surface area (Å²) in [6, 6.07) is 10.6. The maximum atomic E-state index is 12.9. The lowest BCUT2D eigenvalue weighted by Gasteiger charge is -2.18. The molecule has 3 amide bonds. The average Bonchev–Trinajstić information content (AvgIpc) is 3.22. The van der Waals surface area contributed by atoms with Gasteiger partial charge < -0.3 is 42.0 Å². The van der Waals surface area contributed by atoms with Gasteiger partial charge in [-0.3, -0.25) is 33.8 Å². The van der Waals surface area contributed by atoms with E-state index in [0.29, 0.717) is 36.3 Å². The van der Waals surface area contributed by atoms with E-state index in [1.807, 2.05) is 19.1 Å². The number of unbranched alkanes of at least 4 members (excludes halogenated alkanes) is 1. The minimum atomic E-state index is -1.47. The number of hydrogen-bond acceptors (Lipinski definition) is 14. The number of H-pyrrole nitrogens is 1. The molecule has 0 spiro atoms. The molecule has 318 valence electrons. The number of amides is 3. The highest BCUT2D eigenvalue weighted by Gasteiger charge is 2.27. The first kappa shape index (κ1) is 45.5. The number of nitrogens with two attached hydrogens (primary N) is 1. The number of aliphatic carboxylic acids is 2. The molecule has 20 heteroatoms. The standard InChI is InChI=1S/C40H47N9O11/c1-22-6-8-23(9-7-22)34(52)42-18-4-3-5-30(39(59)60-2)46-31(51)17-12-25(37(55)56)19-28(50)15-16-29(38(57)58)47-35(53)24-10-13-26(14-11-24)43-20-27-21-44-33-32(45-27)36(54)49-40(41)48-33/h6-11,13-14,21,25,29-30,43H,3-5,12,15-20H2,1-2H3,(H,42,52)(H,46,51)(H,47,53)(H,55,56)(H,57,58)(H3,41,44,48,49,54)/t25-,29+,30+/m1/s1. The Labute approximate surface area is 343 Å². The third-order valence-electron chi connectivity index (χ3n) is 9.31. The van der Waals surface area contributed by atoms with Crippen LogP contribution in [-0.2, 0) is 35.3 Å². The molecular weight excluding hydrogens is 782 g/mol. The predicted molar refractivity (Wildman–Crippen MR) is 216 cm³/mol. The van der Waals surface area contributed by atoms with E-state index < -0.39 is 65.5 Å². The van der Waals surface area contributed by atoms with Crippen molar-refractivity contribution in [3.8, 4) is 0 Å². The molecule has 3 atom stereocenters. The van der Waals surface area contributed by atoms with Crippen molar-refractivity contribution in [3.63, 3.8) is 0 Å². The number of Topliss-reactive ketones (excluding diaryl/α,β-unsaturated/α-hetero) is 1. The summed E-state index contributed by atoms with van der Waals surface area (Å²) in [6.45, 7) is 2.42. The smallest absolute Gasteiger partial charge is 0.328 e. The summed E-state index contributed by atoms with van der Waals surface area (Å²) in [5.74, 6) is -6.96. The number of esters is 1. The Hall–Kier alpha value is -7.25. The van der Waals surface area contributed by atoms with Crippen molar-refractivity contribution in [1.82, 2.24) is 35.9 Å². The summed E-state index contributed by atoms with van der Waals surface area (Å²) in [5.41, 5.74) is 7.76. The number of fused-ring (bicyclic) bond motifs is 1. The van der Waals surface area contributed by atoms with E-state index in [1.165, 1.54) is 25.4 Å². The number of carbonyl (C=O) groups excluding carboxylic acids is 5. The maximum absolute atomic E-state index is 12.9. The van der Waals surface area contributed by atoms with Gasteiger partial charge in [-0.15, -0.1) is 0 Å². The maximum Gasteiger partial charge on any atom is 0.328 e. The number of nitrogens with one attached hydrogen (secondary N) is 5. The number of benzene rings is 2. The molecule has 60 heavy (non-hydrogen) atoms. The highest BCUT2D eigenvalue weighted by atomic mass is 16.5. The highest BCUT2D eigenvalue weighted by Crippen LogP contribution is 2.17. The number of ketones is 1. The van der Waals surface area contributed by atoms with Crippen LogP contribution < -0.4 is 32.6 Å². The van der Waals surface area contributed by atoms with Gasteiger partial charge in [0.2, 0.25) is 11.9 Å². The van der Waals surface area contributed by atoms with Crippen LogP contribution in [0.15, 0.2) is 59.5 Å². The summed E-state index contributed by atoms with van der Waals surface area (Å²) < 4.78 is 4.80. The molecule has 0 radical (unpaired) electrons. The van der Waals surface area contributed by atoms with Crippen molar-refractivity contribution in [3.05, 3.63) is 87.5 Å². The third-order valence-corrected chi connectivity index (χ3v) is 9.31. The molecule has 0 aliphatic carbocycles. The normalized spacial score (nSPS) is 12.4. The van der Waals surface area contributed by atoms with Gasteiger partial charge in [-0.2, -0.15) is 4.98 Å². The van der Waals surface area contributed by atoms with E-state index >= 15 is 0 Å². The number of aromatic amines is 1. The Kier molecular flexibility index (Phi) is 16.7. The number of carbonyl (C=O) groups is 7. The zero-order chi connectivity index (χ0) is 43.8. The number of rotatable bonds is 23. The number of hydrogen-bond donors (Lipinski definition) is 8. The Bertz CT molecular complexity index is 2250. The molecule has 0 unspecified atom stereocenters. The van der Waals surface area contributed by atoms with Crippen molar-refractivity contribution in [1.29, 1.82) is 0 Å². The molecule has 0 saturated carbocycles. The number of aryl methyl sites for hydroxylation is 1. The molecule has 2 heterocycles. The summed E-state index contributed by atoms with van der Waals surface area (Å²) in [7, 11) is 1.17. The van der Waals surface area contributed by atoms with Crippen LogP contribution in [0.1, 0.15) is 83.3 Å².